The molecule has 344 valence electrons. The Balaban J connectivity index is 1.30. The van der Waals surface area contributed by atoms with Gasteiger partial charge in [-0.1, -0.05) is 94.4 Å². The molecule has 3 aliphatic carbocycles. The molecule has 1 amide bonds. The number of Topliss-reactive ketones (excluding diaryl/α,β-unsaturated/α-hetero) is 1. The minimum absolute atomic E-state index is 0.155. The van der Waals surface area contributed by atoms with Crippen LogP contribution in [0.5, 0.6) is 0 Å². The standard InChI is InChI=1S/C51H57NO13/c1-28-25-36-50(27-60-36,64-31(4)54)41-43(63-45(57)34-23-17-12-18-24-34)51(59)26-35(29(2)37(47(51,5)6)39(61-30(3)53)42(55)49(28,41)9)62-46(58)40-38(32-19-13-10-14-20-32)52(48(7,8)65-40)44(56)33-21-15-11-16-22-33/h10-24,28,35-36,38-41,43,59H,25-27H2,1-9H3/t28-,35-,36?,38+,39+,40+,41-,43-,49+,50-,51+/m0/s1. The lowest BCUT2D eigenvalue weighted by molar-refractivity contribution is -0.340. The number of aliphatic hydroxyl groups is 1. The van der Waals surface area contributed by atoms with E-state index in [1.807, 2.05) is 13.0 Å². The van der Waals surface area contributed by atoms with Crippen molar-refractivity contribution in [3.63, 3.8) is 0 Å². The van der Waals surface area contributed by atoms with Gasteiger partial charge in [0.1, 0.15) is 29.6 Å². The van der Waals surface area contributed by atoms with E-state index < -0.39 is 112 Å². The maximum absolute atomic E-state index is 15.8. The van der Waals surface area contributed by atoms with Crippen LogP contribution in [0, 0.1) is 22.7 Å². The quantitative estimate of drug-likeness (QED) is 0.147. The van der Waals surface area contributed by atoms with E-state index in [1.54, 1.807) is 126 Å². The summed E-state index contributed by atoms with van der Waals surface area (Å²) in [7, 11) is 0. The molecular weight excluding hydrogens is 835 g/mol. The molecule has 11 atom stereocenters. The molecule has 3 aromatic rings. The Hall–Kier alpha value is -5.70. The van der Waals surface area contributed by atoms with E-state index in [4.69, 9.17) is 28.4 Å². The van der Waals surface area contributed by atoms with E-state index in [0.29, 0.717) is 16.7 Å². The highest BCUT2D eigenvalue weighted by molar-refractivity contribution is 5.97. The smallest absolute Gasteiger partial charge is 0.338 e. The fourth-order valence-corrected chi connectivity index (χ4v) is 11.7. The van der Waals surface area contributed by atoms with Crippen molar-refractivity contribution in [2.24, 2.45) is 22.7 Å². The minimum Gasteiger partial charge on any atom is -0.456 e. The topological polar surface area (TPSA) is 181 Å². The number of amides is 1. The van der Waals surface area contributed by atoms with Crippen molar-refractivity contribution in [2.45, 2.75) is 129 Å². The molecule has 65 heavy (non-hydrogen) atoms. The van der Waals surface area contributed by atoms with Gasteiger partial charge in [-0.25, -0.2) is 9.59 Å². The van der Waals surface area contributed by atoms with Gasteiger partial charge < -0.3 is 38.4 Å². The molecule has 0 spiro atoms. The lowest BCUT2D eigenvalue weighted by Gasteiger charge is -2.68. The molecule has 3 aromatic carbocycles. The van der Waals surface area contributed by atoms with E-state index in [0.717, 1.165) is 0 Å². The van der Waals surface area contributed by atoms with Crippen molar-refractivity contribution in [1.29, 1.82) is 0 Å². The number of fused-ring (bicyclic) bond motifs is 5. The average Bonchev–Trinajstić information content (AvgIpc) is 3.55. The Morgan fingerprint density at radius 2 is 1.37 bits per heavy atom. The van der Waals surface area contributed by atoms with Gasteiger partial charge in [0, 0.05) is 36.7 Å². The van der Waals surface area contributed by atoms with Gasteiger partial charge >= 0.3 is 23.9 Å². The summed E-state index contributed by atoms with van der Waals surface area (Å²) in [5, 5.41) is 13.9. The van der Waals surface area contributed by atoms with Crippen LogP contribution in [0.4, 0.5) is 0 Å². The first-order valence-corrected chi connectivity index (χ1v) is 22.1. The third kappa shape index (κ3) is 7.19. The van der Waals surface area contributed by atoms with Crippen LogP contribution in [0.25, 0.3) is 0 Å². The van der Waals surface area contributed by atoms with Gasteiger partial charge in [-0.3, -0.25) is 19.2 Å². The summed E-state index contributed by atoms with van der Waals surface area (Å²) in [5.74, 6) is -5.96. The SMILES string of the molecule is CC(=O)O[C@H]1C(=O)[C@]2(C)[C@@H](C)CC3OC[C@@]3(OC(C)=O)[C@H]2[C@H](OC(=O)c2ccccc2)[C@]2(O)C[C@H](OC(=O)[C@@H]3OC(C)(C)N(C(=O)c4ccccc4)[C@@H]3c3ccccc3)C(C)=C1C2(C)C. The fraction of sp³-hybridized carbons (Fsp3) is 0.490. The van der Waals surface area contributed by atoms with Crippen molar-refractivity contribution >= 4 is 35.6 Å². The molecular formula is C51H57NO13. The molecule has 2 saturated carbocycles. The molecule has 2 saturated heterocycles. The highest BCUT2D eigenvalue weighted by Gasteiger charge is 2.78. The molecule has 4 fully saturated rings. The molecule has 1 N–H and O–H groups in total. The number of esters is 4. The molecule has 2 heterocycles. The predicted molar refractivity (Wildman–Crippen MR) is 232 cm³/mol. The van der Waals surface area contributed by atoms with Gasteiger partial charge in [0.25, 0.3) is 5.91 Å². The maximum Gasteiger partial charge on any atom is 0.338 e. The third-order valence-corrected chi connectivity index (χ3v) is 15.1. The summed E-state index contributed by atoms with van der Waals surface area (Å²) in [5.41, 5.74) is -6.68. The summed E-state index contributed by atoms with van der Waals surface area (Å²) in [4.78, 5) is 87.5. The number of nitrogens with zero attached hydrogens (tertiary/aromatic N) is 1. The van der Waals surface area contributed by atoms with Gasteiger partial charge in [0.05, 0.1) is 24.1 Å². The van der Waals surface area contributed by atoms with E-state index in [1.165, 1.54) is 18.7 Å². The first-order chi connectivity index (χ1) is 30.6. The van der Waals surface area contributed by atoms with Gasteiger partial charge in [-0.15, -0.1) is 0 Å². The molecule has 14 heteroatoms. The zero-order valence-corrected chi connectivity index (χ0v) is 38.2. The normalized spacial score (nSPS) is 34.4. The highest BCUT2D eigenvalue weighted by atomic mass is 16.6. The average molecular weight is 892 g/mol. The summed E-state index contributed by atoms with van der Waals surface area (Å²) < 4.78 is 37.9. The van der Waals surface area contributed by atoms with Crippen molar-refractivity contribution in [3.8, 4) is 0 Å². The van der Waals surface area contributed by atoms with Crippen LogP contribution in [0.15, 0.2) is 102 Å². The Morgan fingerprint density at radius 1 is 0.785 bits per heavy atom. The second-order valence-corrected chi connectivity index (χ2v) is 19.4. The second kappa shape index (κ2) is 16.3. The largest absolute Gasteiger partial charge is 0.456 e. The third-order valence-electron chi connectivity index (χ3n) is 15.1. The number of rotatable bonds is 8. The number of ketones is 1. The monoisotopic (exact) mass is 891 g/mol. The Morgan fingerprint density at radius 3 is 1.92 bits per heavy atom. The van der Waals surface area contributed by atoms with Crippen molar-refractivity contribution in [3.05, 3.63) is 119 Å². The number of carbonyl (C=O) groups is 6. The number of ether oxygens (including phenoxy) is 6. The van der Waals surface area contributed by atoms with Crippen LogP contribution in [0.3, 0.4) is 0 Å². The van der Waals surface area contributed by atoms with Crippen LogP contribution < -0.4 is 0 Å². The van der Waals surface area contributed by atoms with Crippen LogP contribution >= 0.6 is 0 Å². The van der Waals surface area contributed by atoms with Gasteiger partial charge in [0.15, 0.2) is 23.6 Å². The fourth-order valence-electron chi connectivity index (χ4n) is 11.7. The minimum atomic E-state index is -2.24. The lowest BCUT2D eigenvalue weighted by atomic mass is 9.43. The molecule has 1 unspecified atom stereocenters. The van der Waals surface area contributed by atoms with Crippen LogP contribution in [0.1, 0.15) is 107 Å². The number of benzene rings is 3. The second-order valence-electron chi connectivity index (χ2n) is 19.4. The summed E-state index contributed by atoms with van der Waals surface area (Å²) in [6.45, 7) is 14.1. The number of hydrogen-bond acceptors (Lipinski definition) is 13. The van der Waals surface area contributed by atoms with E-state index in [9.17, 15) is 24.3 Å². The molecule has 0 radical (unpaired) electrons. The maximum atomic E-state index is 15.8. The molecule has 14 nitrogen and oxygen atoms in total. The Bertz CT molecular complexity index is 2430. The van der Waals surface area contributed by atoms with Crippen molar-refractivity contribution in [2.75, 3.05) is 6.61 Å². The van der Waals surface area contributed by atoms with E-state index >= 15 is 9.59 Å². The van der Waals surface area contributed by atoms with Gasteiger partial charge in [-0.2, -0.15) is 0 Å². The van der Waals surface area contributed by atoms with E-state index in [2.05, 4.69) is 0 Å². The lowest BCUT2D eigenvalue weighted by Crippen LogP contribution is -2.80. The number of hydrogen-bond donors (Lipinski definition) is 1. The van der Waals surface area contributed by atoms with Gasteiger partial charge in [0.2, 0.25) is 0 Å². The zero-order valence-electron chi connectivity index (χ0n) is 38.2. The first kappa shape index (κ1) is 45.9. The molecule has 2 bridgehead atoms. The summed E-state index contributed by atoms with van der Waals surface area (Å²) >= 11 is 0. The molecule has 2 aliphatic heterocycles. The summed E-state index contributed by atoms with van der Waals surface area (Å²) in [6, 6.07) is 24.8. The molecule has 5 aliphatic rings. The number of carbonyl (C=O) groups excluding carboxylic acids is 6. The Kier molecular flexibility index (Phi) is 11.5. The van der Waals surface area contributed by atoms with Crippen molar-refractivity contribution < 1.29 is 62.3 Å². The summed E-state index contributed by atoms with van der Waals surface area (Å²) in [6.07, 6.45) is -6.89. The first-order valence-electron chi connectivity index (χ1n) is 22.1. The molecule has 0 aromatic heterocycles. The van der Waals surface area contributed by atoms with Crippen LogP contribution in [0.2, 0.25) is 0 Å². The predicted octanol–water partition coefficient (Wildman–Crippen LogP) is 6.50. The van der Waals surface area contributed by atoms with Crippen LogP contribution in [-0.2, 0) is 47.6 Å². The molecule has 8 rings (SSSR count). The van der Waals surface area contributed by atoms with Crippen molar-refractivity contribution in [1.82, 2.24) is 4.90 Å². The van der Waals surface area contributed by atoms with E-state index in [-0.39, 0.29) is 30.1 Å². The van der Waals surface area contributed by atoms with Crippen LogP contribution in [-0.4, -0.2) is 99.6 Å². The zero-order chi connectivity index (χ0) is 47.0. The highest BCUT2D eigenvalue weighted by Crippen LogP contribution is 2.66. The van der Waals surface area contributed by atoms with Gasteiger partial charge in [-0.05, 0) is 74.1 Å². The Labute approximate surface area is 378 Å².